The van der Waals surface area contributed by atoms with Gasteiger partial charge in [0.2, 0.25) is 5.91 Å². The van der Waals surface area contributed by atoms with Crippen molar-refractivity contribution < 1.29 is 14.3 Å². The molecule has 0 spiro atoms. The number of nitrogens with zero attached hydrogens (tertiary/aromatic N) is 2. The summed E-state index contributed by atoms with van der Waals surface area (Å²) in [4.78, 5) is 29.7. The molecule has 5 nitrogen and oxygen atoms in total. The van der Waals surface area contributed by atoms with Crippen molar-refractivity contribution in [2.45, 2.75) is 5.03 Å². The van der Waals surface area contributed by atoms with E-state index in [1.54, 1.807) is 49.6 Å². The standard InChI is InChI=1S/C16H15ClN2O3S/c1-19(13-8-4-3-6-11(13)16(21)22-2)14(20)10-23-15-12(17)7-5-9-18-15/h3-9H,10H2,1-2H3. The number of hydrogen-bond donors (Lipinski definition) is 0. The van der Waals surface area contributed by atoms with Crippen molar-refractivity contribution in [1.82, 2.24) is 4.98 Å². The van der Waals surface area contributed by atoms with Gasteiger partial charge in [0.25, 0.3) is 0 Å². The molecule has 120 valence electrons. The number of aromatic nitrogens is 1. The summed E-state index contributed by atoms with van der Waals surface area (Å²) in [5.74, 6) is -0.503. The highest BCUT2D eigenvalue weighted by atomic mass is 35.5. The lowest BCUT2D eigenvalue weighted by molar-refractivity contribution is -0.115. The van der Waals surface area contributed by atoms with Crippen molar-refractivity contribution in [2.24, 2.45) is 0 Å². The number of carbonyl (C=O) groups excluding carboxylic acids is 2. The van der Waals surface area contributed by atoms with Crippen LogP contribution in [0.3, 0.4) is 0 Å². The van der Waals surface area contributed by atoms with E-state index in [0.717, 1.165) is 0 Å². The molecule has 1 aromatic carbocycles. The molecular formula is C16H15ClN2O3S. The van der Waals surface area contributed by atoms with Crippen LogP contribution >= 0.6 is 23.4 Å². The molecule has 0 atom stereocenters. The molecule has 1 heterocycles. The fourth-order valence-corrected chi connectivity index (χ4v) is 2.97. The van der Waals surface area contributed by atoms with Crippen LogP contribution in [0.2, 0.25) is 5.02 Å². The molecule has 0 aliphatic heterocycles. The van der Waals surface area contributed by atoms with Gasteiger partial charge in [0.15, 0.2) is 0 Å². The Labute approximate surface area is 143 Å². The van der Waals surface area contributed by atoms with Gasteiger partial charge < -0.3 is 9.64 Å². The number of pyridine rings is 1. The first kappa shape index (κ1) is 17.3. The number of esters is 1. The highest BCUT2D eigenvalue weighted by Crippen LogP contribution is 2.26. The second-order valence-corrected chi connectivity index (χ2v) is 5.91. The van der Waals surface area contributed by atoms with E-state index in [1.807, 2.05) is 0 Å². The van der Waals surface area contributed by atoms with Crippen LogP contribution < -0.4 is 4.90 Å². The van der Waals surface area contributed by atoms with Crippen LogP contribution in [0, 0.1) is 0 Å². The van der Waals surface area contributed by atoms with Crippen LogP contribution in [0.15, 0.2) is 47.6 Å². The van der Waals surface area contributed by atoms with Crippen LogP contribution in [0.5, 0.6) is 0 Å². The first-order valence-electron chi connectivity index (χ1n) is 6.71. The van der Waals surface area contributed by atoms with E-state index in [2.05, 4.69) is 4.98 Å². The molecular weight excluding hydrogens is 336 g/mol. The lowest BCUT2D eigenvalue weighted by Gasteiger charge is -2.19. The first-order chi connectivity index (χ1) is 11.0. The SMILES string of the molecule is COC(=O)c1ccccc1N(C)C(=O)CSc1ncccc1Cl. The van der Waals surface area contributed by atoms with E-state index in [4.69, 9.17) is 16.3 Å². The number of amides is 1. The van der Waals surface area contributed by atoms with Crippen LogP contribution in [0.4, 0.5) is 5.69 Å². The van der Waals surface area contributed by atoms with Crippen molar-refractivity contribution in [3.05, 3.63) is 53.2 Å². The third kappa shape index (κ3) is 4.24. The molecule has 23 heavy (non-hydrogen) atoms. The van der Waals surface area contributed by atoms with Gasteiger partial charge in [-0.1, -0.05) is 35.5 Å². The number of anilines is 1. The molecule has 0 aliphatic carbocycles. The smallest absolute Gasteiger partial charge is 0.339 e. The Kier molecular flexibility index (Phi) is 6.01. The number of hydrogen-bond acceptors (Lipinski definition) is 5. The number of carbonyl (C=O) groups is 2. The lowest BCUT2D eigenvalue weighted by Crippen LogP contribution is -2.29. The van der Waals surface area contributed by atoms with Gasteiger partial charge >= 0.3 is 5.97 Å². The Morgan fingerprint density at radius 1 is 1.26 bits per heavy atom. The zero-order valence-electron chi connectivity index (χ0n) is 12.7. The van der Waals surface area contributed by atoms with Gasteiger partial charge in [0.05, 0.1) is 29.1 Å². The lowest BCUT2D eigenvalue weighted by atomic mass is 10.1. The number of halogens is 1. The van der Waals surface area contributed by atoms with Gasteiger partial charge in [-0.05, 0) is 24.3 Å². The maximum absolute atomic E-state index is 12.4. The maximum Gasteiger partial charge on any atom is 0.339 e. The first-order valence-corrected chi connectivity index (χ1v) is 8.08. The molecule has 0 radical (unpaired) electrons. The van der Waals surface area contributed by atoms with Crippen molar-refractivity contribution in [2.75, 3.05) is 24.8 Å². The molecule has 7 heteroatoms. The van der Waals surface area contributed by atoms with Crippen LogP contribution in [-0.4, -0.2) is 36.8 Å². The van der Waals surface area contributed by atoms with Crippen LogP contribution in [0.25, 0.3) is 0 Å². The van der Waals surface area contributed by atoms with Gasteiger partial charge in [-0.15, -0.1) is 0 Å². The predicted octanol–water partition coefficient (Wildman–Crippen LogP) is 3.28. The summed E-state index contributed by atoms with van der Waals surface area (Å²) in [6.07, 6.45) is 1.62. The Morgan fingerprint density at radius 3 is 2.70 bits per heavy atom. The maximum atomic E-state index is 12.4. The average Bonchev–Trinajstić information content (AvgIpc) is 2.59. The van der Waals surface area contributed by atoms with Gasteiger partial charge in [0.1, 0.15) is 5.03 Å². The van der Waals surface area contributed by atoms with Gasteiger partial charge in [-0.25, -0.2) is 9.78 Å². The Balaban J connectivity index is 2.11. The number of para-hydroxylation sites is 1. The summed E-state index contributed by atoms with van der Waals surface area (Å²) < 4.78 is 4.74. The second kappa shape index (κ2) is 7.99. The van der Waals surface area contributed by atoms with Crippen LogP contribution in [0.1, 0.15) is 10.4 Å². The van der Waals surface area contributed by atoms with E-state index in [9.17, 15) is 9.59 Å². The van der Waals surface area contributed by atoms with Gasteiger partial charge in [0, 0.05) is 13.2 Å². The van der Waals surface area contributed by atoms with Crippen molar-refractivity contribution in [3.8, 4) is 0 Å². The molecule has 0 saturated carbocycles. The van der Waals surface area contributed by atoms with Gasteiger partial charge in [-0.2, -0.15) is 0 Å². The Morgan fingerprint density at radius 2 is 2.00 bits per heavy atom. The van der Waals surface area contributed by atoms with Crippen molar-refractivity contribution >= 4 is 40.9 Å². The number of rotatable bonds is 5. The minimum atomic E-state index is -0.485. The van der Waals surface area contributed by atoms with E-state index >= 15 is 0 Å². The molecule has 0 unspecified atom stereocenters. The summed E-state index contributed by atoms with van der Waals surface area (Å²) in [7, 11) is 2.92. The molecule has 0 saturated heterocycles. The minimum absolute atomic E-state index is 0.155. The molecule has 2 aromatic rings. The second-order valence-electron chi connectivity index (χ2n) is 4.54. The van der Waals surface area contributed by atoms with E-state index in [-0.39, 0.29) is 11.7 Å². The van der Waals surface area contributed by atoms with Crippen molar-refractivity contribution in [1.29, 1.82) is 0 Å². The summed E-state index contributed by atoms with van der Waals surface area (Å²) in [5.41, 5.74) is 0.837. The molecule has 1 aromatic heterocycles. The number of thioether (sulfide) groups is 1. The summed E-state index contributed by atoms with van der Waals surface area (Å²) >= 11 is 7.27. The highest BCUT2D eigenvalue weighted by molar-refractivity contribution is 8.00. The van der Waals surface area contributed by atoms with Crippen molar-refractivity contribution in [3.63, 3.8) is 0 Å². The molecule has 1 amide bonds. The monoisotopic (exact) mass is 350 g/mol. The molecule has 0 fully saturated rings. The summed E-state index contributed by atoms with van der Waals surface area (Å²) in [6, 6.07) is 10.2. The van der Waals surface area contributed by atoms with Gasteiger partial charge in [-0.3, -0.25) is 4.79 Å². The van der Waals surface area contributed by atoms with E-state index in [0.29, 0.717) is 21.3 Å². The zero-order chi connectivity index (χ0) is 16.8. The fourth-order valence-electron chi connectivity index (χ4n) is 1.89. The van der Waals surface area contributed by atoms with E-state index in [1.165, 1.54) is 23.8 Å². The zero-order valence-corrected chi connectivity index (χ0v) is 14.2. The molecule has 0 bridgehead atoms. The summed E-state index contributed by atoms with van der Waals surface area (Å²) in [5, 5.41) is 1.10. The molecule has 0 aliphatic rings. The predicted molar refractivity (Wildman–Crippen MR) is 91.2 cm³/mol. The normalized spacial score (nSPS) is 10.2. The minimum Gasteiger partial charge on any atom is -0.465 e. The number of ether oxygens (including phenoxy) is 1. The molecule has 0 N–H and O–H groups in total. The number of methoxy groups -OCH3 is 1. The largest absolute Gasteiger partial charge is 0.465 e. The average molecular weight is 351 g/mol. The third-order valence-electron chi connectivity index (χ3n) is 3.10. The topological polar surface area (TPSA) is 59.5 Å². The third-order valence-corrected chi connectivity index (χ3v) is 4.51. The number of benzene rings is 1. The van der Waals surface area contributed by atoms with E-state index < -0.39 is 5.97 Å². The van der Waals surface area contributed by atoms with Crippen LogP contribution in [-0.2, 0) is 9.53 Å². The Hall–Kier alpha value is -2.05. The molecule has 2 rings (SSSR count). The quantitative estimate of drug-likeness (QED) is 0.611. The fraction of sp³-hybridized carbons (Fsp3) is 0.188. The summed E-state index contributed by atoms with van der Waals surface area (Å²) in [6.45, 7) is 0. The highest BCUT2D eigenvalue weighted by Gasteiger charge is 2.19. The Bertz CT molecular complexity index is 724.